The highest BCUT2D eigenvalue weighted by Gasteiger charge is 2.20. The zero-order chi connectivity index (χ0) is 21.9. The second-order valence-corrected chi connectivity index (χ2v) is 9.12. The Morgan fingerprint density at radius 1 is 1.23 bits per heavy atom. The summed E-state index contributed by atoms with van der Waals surface area (Å²) in [5, 5.41) is 11.5. The van der Waals surface area contributed by atoms with Crippen LogP contribution in [0.25, 0.3) is 10.8 Å². The van der Waals surface area contributed by atoms with E-state index in [1.54, 1.807) is 24.3 Å². The SMILES string of the molecule is C=C(N=CNN)Sc1cc(NS(=O)(=O)c2ccc(F)c(Cl)c2)c2ccccc2c1O. The molecule has 0 aromatic heterocycles. The molecule has 0 bridgehead atoms. The summed E-state index contributed by atoms with van der Waals surface area (Å²) in [4.78, 5) is 4.05. The smallest absolute Gasteiger partial charge is 0.261 e. The van der Waals surface area contributed by atoms with Gasteiger partial charge in [-0.05, 0) is 24.3 Å². The van der Waals surface area contributed by atoms with Gasteiger partial charge in [0.2, 0.25) is 0 Å². The molecule has 0 saturated heterocycles. The Labute approximate surface area is 181 Å². The fourth-order valence-corrected chi connectivity index (χ4v) is 4.69. The van der Waals surface area contributed by atoms with Crippen LogP contribution in [0.3, 0.4) is 0 Å². The number of hydrogen-bond donors (Lipinski definition) is 4. The van der Waals surface area contributed by atoms with Gasteiger partial charge in [-0.25, -0.2) is 23.6 Å². The molecule has 3 aromatic rings. The van der Waals surface area contributed by atoms with Gasteiger partial charge in [0.15, 0.2) is 0 Å². The summed E-state index contributed by atoms with van der Waals surface area (Å²) in [6, 6.07) is 11.3. The van der Waals surface area contributed by atoms with E-state index in [0.717, 1.165) is 30.0 Å². The molecule has 0 heterocycles. The van der Waals surface area contributed by atoms with Crippen LogP contribution in [-0.2, 0) is 10.0 Å². The Bertz CT molecular complexity index is 1270. The van der Waals surface area contributed by atoms with Crippen LogP contribution in [0.15, 0.2) is 74.9 Å². The van der Waals surface area contributed by atoms with Gasteiger partial charge in [0.1, 0.15) is 17.9 Å². The maximum absolute atomic E-state index is 13.4. The van der Waals surface area contributed by atoms with Crippen LogP contribution in [0.5, 0.6) is 5.75 Å². The highest BCUT2D eigenvalue weighted by atomic mass is 35.5. The average Bonchev–Trinajstić information content (AvgIpc) is 2.71. The number of phenolic OH excluding ortho intramolecular Hbond substituents is 1. The van der Waals surface area contributed by atoms with Gasteiger partial charge in [0.25, 0.3) is 10.0 Å². The van der Waals surface area contributed by atoms with Gasteiger partial charge in [-0.3, -0.25) is 4.72 Å². The van der Waals surface area contributed by atoms with Crippen molar-refractivity contribution < 1.29 is 17.9 Å². The first-order chi connectivity index (χ1) is 14.2. The Morgan fingerprint density at radius 2 is 1.93 bits per heavy atom. The number of nitrogens with one attached hydrogen (secondary N) is 2. The van der Waals surface area contributed by atoms with E-state index in [4.69, 9.17) is 17.4 Å². The molecular formula is C19H16ClFN4O3S2. The molecule has 0 aliphatic carbocycles. The average molecular weight is 467 g/mol. The number of fused-ring (bicyclic) bond motifs is 1. The minimum Gasteiger partial charge on any atom is -0.506 e. The van der Waals surface area contributed by atoms with E-state index in [1.165, 1.54) is 12.4 Å². The van der Waals surface area contributed by atoms with Crippen molar-refractivity contribution in [1.29, 1.82) is 0 Å². The van der Waals surface area contributed by atoms with Gasteiger partial charge in [-0.2, -0.15) is 0 Å². The summed E-state index contributed by atoms with van der Waals surface area (Å²) in [5.41, 5.74) is 2.45. The van der Waals surface area contributed by atoms with Crippen molar-refractivity contribution in [3.63, 3.8) is 0 Å². The third kappa shape index (κ3) is 4.68. The molecule has 11 heteroatoms. The molecule has 0 fully saturated rings. The summed E-state index contributed by atoms with van der Waals surface area (Å²) < 4.78 is 41.6. The summed E-state index contributed by atoms with van der Waals surface area (Å²) in [6.07, 6.45) is 1.22. The predicted molar refractivity (Wildman–Crippen MR) is 119 cm³/mol. The monoisotopic (exact) mass is 466 g/mol. The minimum absolute atomic E-state index is 0.0552. The van der Waals surface area contributed by atoms with Crippen molar-refractivity contribution >= 4 is 56.2 Å². The number of nitrogens with zero attached hydrogens (tertiary/aromatic N) is 1. The lowest BCUT2D eigenvalue weighted by atomic mass is 10.1. The van der Waals surface area contributed by atoms with Gasteiger partial charge < -0.3 is 10.5 Å². The van der Waals surface area contributed by atoms with Crippen molar-refractivity contribution in [2.75, 3.05) is 4.72 Å². The summed E-state index contributed by atoms with van der Waals surface area (Å²) in [7, 11) is -4.09. The number of hydrogen-bond acceptors (Lipinski definition) is 6. The first kappa shape index (κ1) is 21.9. The standard InChI is InChI=1S/C19H16ClFN4O3S2/c1-11(23-10-24-22)29-18-9-17(13-4-2-3-5-14(13)19(18)26)25-30(27,28)12-6-7-16(21)15(20)8-12/h2-10,25-26H,1,22H2,(H,23,24). The van der Waals surface area contributed by atoms with E-state index < -0.39 is 15.8 Å². The number of thioether (sulfide) groups is 1. The molecule has 5 N–H and O–H groups in total. The number of aromatic hydroxyl groups is 1. The lowest BCUT2D eigenvalue weighted by Gasteiger charge is -2.15. The molecule has 0 amide bonds. The van der Waals surface area contributed by atoms with Crippen molar-refractivity contribution in [2.24, 2.45) is 10.8 Å². The zero-order valence-electron chi connectivity index (χ0n) is 15.3. The molecule has 0 saturated carbocycles. The molecular weight excluding hydrogens is 451 g/mol. The summed E-state index contributed by atoms with van der Waals surface area (Å²) in [5.74, 6) is 4.35. The maximum Gasteiger partial charge on any atom is 0.261 e. The molecule has 0 spiro atoms. The zero-order valence-corrected chi connectivity index (χ0v) is 17.7. The molecule has 0 atom stereocenters. The van der Waals surface area contributed by atoms with Crippen LogP contribution < -0.4 is 16.0 Å². The fraction of sp³-hybridized carbons (Fsp3) is 0. The Hall–Kier alpha value is -2.79. The first-order valence-corrected chi connectivity index (χ1v) is 11.0. The summed E-state index contributed by atoms with van der Waals surface area (Å²) in [6.45, 7) is 3.75. The molecule has 0 aliphatic rings. The number of nitrogens with two attached hydrogens (primary N) is 1. The van der Waals surface area contributed by atoms with E-state index in [0.29, 0.717) is 20.7 Å². The number of anilines is 1. The van der Waals surface area contributed by atoms with E-state index in [-0.39, 0.29) is 21.4 Å². The number of halogens is 2. The van der Waals surface area contributed by atoms with Crippen molar-refractivity contribution in [3.8, 4) is 5.75 Å². The lowest BCUT2D eigenvalue weighted by Crippen LogP contribution is -2.18. The van der Waals surface area contributed by atoms with Crippen LogP contribution in [0.1, 0.15) is 0 Å². The highest BCUT2D eigenvalue weighted by Crippen LogP contribution is 2.42. The quantitative estimate of drug-likeness (QED) is 0.104. The van der Waals surface area contributed by atoms with Gasteiger partial charge in [0, 0.05) is 10.8 Å². The number of hydrazine groups is 1. The normalized spacial score (nSPS) is 11.7. The first-order valence-electron chi connectivity index (χ1n) is 8.31. The maximum atomic E-state index is 13.4. The number of rotatable bonds is 7. The third-order valence-corrected chi connectivity index (χ3v) is 6.46. The molecule has 7 nitrogen and oxygen atoms in total. The van der Waals surface area contributed by atoms with Crippen LogP contribution in [0, 0.1) is 5.82 Å². The van der Waals surface area contributed by atoms with Crippen LogP contribution in [-0.4, -0.2) is 19.9 Å². The highest BCUT2D eigenvalue weighted by molar-refractivity contribution is 8.03. The summed E-state index contributed by atoms with van der Waals surface area (Å²) >= 11 is 6.74. The molecule has 0 unspecified atom stereocenters. The number of phenols is 1. The van der Waals surface area contributed by atoms with Crippen molar-refractivity contribution in [3.05, 3.63) is 71.0 Å². The minimum atomic E-state index is -4.09. The fourth-order valence-electron chi connectivity index (χ4n) is 2.61. The van der Waals surface area contributed by atoms with Crippen LogP contribution in [0.4, 0.5) is 10.1 Å². The number of sulfonamides is 1. The van der Waals surface area contributed by atoms with Crippen molar-refractivity contribution in [2.45, 2.75) is 9.79 Å². The van der Waals surface area contributed by atoms with Gasteiger partial charge in [-0.15, -0.1) is 0 Å². The molecule has 30 heavy (non-hydrogen) atoms. The Balaban J connectivity index is 2.08. The number of benzene rings is 3. The topological polar surface area (TPSA) is 117 Å². The van der Waals surface area contributed by atoms with E-state index in [9.17, 15) is 17.9 Å². The lowest BCUT2D eigenvalue weighted by molar-refractivity contribution is 0.469. The Morgan fingerprint density at radius 3 is 2.60 bits per heavy atom. The largest absolute Gasteiger partial charge is 0.506 e. The molecule has 156 valence electrons. The number of aliphatic imine (C=N–C) groups is 1. The molecule has 0 aliphatic heterocycles. The molecule has 3 aromatic carbocycles. The van der Waals surface area contributed by atoms with Crippen LogP contribution >= 0.6 is 23.4 Å². The van der Waals surface area contributed by atoms with Crippen LogP contribution in [0.2, 0.25) is 5.02 Å². The molecule has 3 rings (SSSR count). The molecule has 0 radical (unpaired) electrons. The van der Waals surface area contributed by atoms with E-state index in [2.05, 4.69) is 21.7 Å². The second kappa shape index (κ2) is 8.92. The van der Waals surface area contributed by atoms with Crippen molar-refractivity contribution in [1.82, 2.24) is 5.43 Å². The predicted octanol–water partition coefficient (Wildman–Crippen LogP) is 4.19. The van der Waals surface area contributed by atoms with Gasteiger partial charge in [0.05, 0.1) is 25.5 Å². The second-order valence-electron chi connectivity index (χ2n) is 5.92. The Kier molecular flexibility index (Phi) is 6.52. The van der Waals surface area contributed by atoms with E-state index >= 15 is 0 Å². The third-order valence-electron chi connectivity index (χ3n) is 3.94. The van der Waals surface area contributed by atoms with Gasteiger partial charge >= 0.3 is 0 Å². The van der Waals surface area contributed by atoms with E-state index in [1.807, 2.05) is 0 Å². The van der Waals surface area contributed by atoms with Gasteiger partial charge in [-0.1, -0.05) is 54.2 Å².